The molecular weight excluding hydrogens is 266 g/mol. The van der Waals surface area contributed by atoms with Crippen LogP contribution in [-0.2, 0) is 11.3 Å². The van der Waals surface area contributed by atoms with E-state index < -0.39 is 10.8 Å². The van der Waals surface area contributed by atoms with Gasteiger partial charge >= 0.3 is 0 Å². The lowest BCUT2D eigenvalue weighted by molar-refractivity contribution is -0.384. The first-order chi connectivity index (χ1) is 9.58. The number of carbonyl (C=O) groups excluding carboxylic acids is 1. The monoisotopic (exact) mass is 277 g/mol. The van der Waals surface area contributed by atoms with Gasteiger partial charge in [-0.25, -0.2) is 0 Å². The molecule has 104 valence electrons. The van der Waals surface area contributed by atoms with E-state index in [9.17, 15) is 14.9 Å². The summed E-state index contributed by atoms with van der Waals surface area (Å²) < 4.78 is 4.94. The minimum atomic E-state index is -0.517. The smallest absolute Gasteiger partial charge is 0.280 e. The zero-order valence-electron chi connectivity index (χ0n) is 10.3. The normalized spacial score (nSPS) is 10.4. The number of nitro groups is 1. The van der Waals surface area contributed by atoms with E-state index in [1.165, 1.54) is 12.1 Å². The molecule has 9 heteroatoms. The fourth-order valence-electron chi connectivity index (χ4n) is 1.55. The number of nitrogens with two attached hydrogens (primary N) is 1. The SMILES string of the molecule is NC(=O)CNCc1nc(-c2ccccc2[N+](=O)[O-])no1. The molecule has 0 aliphatic carbocycles. The van der Waals surface area contributed by atoms with Crippen molar-refractivity contribution in [3.8, 4) is 11.4 Å². The topological polar surface area (TPSA) is 137 Å². The Morgan fingerprint density at radius 2 is 2.20 bits per heavy atom. The van der Waals surface area contributed by atoms with E-state index in [-0.39, 0.29) is 36.1 Å². The summed E-state index contributed by atoms with van der Waals surface area (Å²) in [7, 11) is 0. The van der Waals surface area contributed by atoms with Gasteiger partial charge < -0.3 is 10.3 Å². The predicted octanol–water partition coefficient (Wildman–Crippen LogP) is 0.220. The van der Waals surface area contributed by atoms with Crippen molar-refractivity contribution in [1.82, 2.24) is 15.5 Å². The van der Waals surface area contributed by atoms with Gasteiger partial charge in [-0.3, -0.25) is 20.2 Å². The van der Waals surface area contributed by atoms with Gasteiger partial charge in [0.1, 0.15) is 5.56 Å². The van der Waals surface area contributed by atoms with Crippen molar-refractivity contribution >= 4 is 11.6 Å². The molecule has 20 heavy (non-hydrogen) atoms. The lowest BCUT2D eigenvalue weighted by Gasteiger charge is -1.96. The van der Waals surface area contributed by atoms with Crippen molar-refractivity contribution in [2.45, 2.75) is 6.54 Å². The molecule has 0 bridgehead atoms. The fourth-order valence-corrected chi connectivity index (χ4v) is 1.55. The van der Waals surface area contributed by atoms with Gasteiger partial charge in [0.2, 0.25) is 17.6 Å². The van der Waals surface area contributed by atoms with Crippen LogP contribution in [0.3, 0.4) is 0 Å². The molecule has 2 aromatic rings. The van der Waals surface area contributed by atoms with Gasteiger partial charge in [0, 0.05) is 6.07 Å². The number of benzene rings is 1. The van der Waals surface area contributed by atoms with Crippen molar-refractivity contribution in [2.75, 3.05) is 6.54 Å². The summed E-state index contributed by atoms with van der Waals surface area (Å²) in [6, 6.07) is 6.08. The molecule has 0 spiro atoms. The molecule has 0 aliphatic heterocycles. The number of nitro benzene ring substituents is 1. The van der Waals surface area contributed by atoms with Gasteiger partial charge in [0.25, 0.3) is 5.69 Å². The maximum atomic E-state index is 10.9. The molecule has 0 atom stereocenters. The van der Waals surface area contributed by atoms with E-state index in [4.69, 9.17) is 10.3 Å². The van der Waals surface area contributed by atoms with Crippen LogP contribution in [-0.4, -0.2) is 27.5 Å². The molecule has 2 rings (SSSR count). The van der Waals surface area contributed by atoms with Crippen LogP contribution in [0.25, 0.3) is 11.4 Å². The van der Waals surface area contributed by atoms with Crippen molar-refractivity contribution < 1.29 is 14.2 Å². The highest BCUT2D eigenvalue weighted by Gasteiger charge is 2.18. The maximum absolute atomic E-state index is 10.9. The zero-order chi connectivity index (χ0) is 14.5. The van der Waals surface area contributed by atoms with Crippen molar-refractivity contribution in [1.29, 1.82) is 0 Å². The lowest BCUT2D eigenvalue weighted by Crippen LogP contribution is -2.28. The van der Waals surface area contributed by atoms with Gasteiger partial charge in [-0.2, -0.15) is 4.98 Å². The third kappa shape index (κ3) is 3.14. The summed E-state index contributed by atoms with van der Waals surface area (Å²) in [5, 5.41) is 17.3. The first kappa shape index (κ1) is 13.6. The number of nitrogens with one attached hydrogen (secondary N) is 1. The van der Waals surface area contributed by atoms with Crippen LogP contribution < -0.4 is 11.1 Å². The zero-order valence-corrected chi connectivity index (χ0v) is 10.3. The number of carbonyl (C=O) groups is 1. The second-order valence-electron chi connectivity index (χ2n) is 3.86. The van der Waals surface area contributed by atoms with Crippen LogP contribution in [0.15, 0.2) is 28.8 Å². The molecule has 1 heterocycles. The first-order valence-corrected chi connectivity index (χ1v) is 5.63. The minimum Gasteiger partial charge on any atom is -0.369 e. The Balaban J connectivity index is 2.16. The van der Waals surface area contributed by atoms with Crippen LogP contribution >= 0.6 is 0 Å². The fraction of sp³-hybridized carbons (Fsp3) is 0.182. The van der Waals surface area contributed by atoms with Crippen molar-refractivity contribution in [2.24, 2.45) is 5.73 Å². The van der Waals surface area contributed by atoms with Crippen LogP contribution in [0, 0.1) is 10.1 Å². The molecule has 0 fully saturated rings. The molecule has 9 nitrogen and oxygen atoms in total. The highest BCUT2D eigenvalue weighted by molar-refractivity contribution is 5.75. The van der Waals surface area contributed by atoms with Gasteiger partial charge in [0.05, 0.1) is 18.0 Å². The molecule has 0 unspecified atom stereocenters. The molecular formula is C11H11N5O4. The average molecular weight is 277 g/mol. The Morgan fingerprint density at radius 1 is 1.45 bits per heavy atom. The Hall–Kier alpha value is -2.81. The Bertz CT molecular complexity index is 639. The average Bonchev–Trinajstić information content (AvgIpc) is 2.87. The second kappa shape index (κ2) is 5.89. The van der Waals surface area contributed by atoms with E-state index >= 15 is 0 Å². The van der Waals surface area contributed by atoms with E-state index in [0.29, 0.717) is 0 Å². The number of amides is 1. The number of hydrogen-bond donors (Lipinski definition) is 2. The van der Waals surface area contributed by atoms with Gasteiger partial charge in [-0.05, 0) is 6.07 Å². The van der Waals surface area contributed by atoms with Gasteiger partial charge in [0.15, 0.2) is 0 Å². The second-order valence-corrected chi connectivity index (χ2v) is 3.86. The summed E-state index contributed by atoms with van der Waals surface area (Å²) in [4.78, 5) is 25.0. The molecule has 0 saturated carbocycles. The molecule has 1 amide bonds. The summed E-state index contributed by atoms with van der Waals surface area (Å²) in [6.07, 6.45) is 0. The van der Waals surface area contributed by atoms with Gasteiger partial charge in [-0.1, -0.05) is 17.3 Å². The molecule has 3 N–H and O–H groups in total. The van der Waals surface area contributed by atoms with Crippen LogP contribution in [0.4, 0.5) is 5.69 Å². The number of primary amides is 1. The van der Waals surface area contributed by atoms with Crippen LogP contribution in [0.1, 0.15) is 5.89 Å². The molecule has 1 aromatic carbocycles. The third-order valence-corrected chi connectivity index (χ3v) is 2.39. The maximum Gasteiger partial charge on any atom is 0.280 e. The van der Waals surface area contributed by atoms with E-state index in [1.807, 2.05) is 0 Å². The molecule has 0 saturated heterocycles. The molecule has 0 radical (unpaired) electrons. The van der Waals surface area contributed by atoms with Gasteiger partial charge in [-0.15, -0.1) is 0 Å². The van der Waals surface area contributed by atoms with Crippen molar-refractivity contribution in [3.63, 3.8) is 0 Å². The van der Waals surface area contributed by atoms with E-state index in [0.717, 1.165) is 0 Å². The Labute approximate surface area is 112 Å². The highest BCUT2D eigenvalue weighted by Crippen LogP contribution is 2.26. The standard InChI is InChI=1S/C11H11N5O4/c12-9(17)5-13-6-10-14-11(15-20-10)7-3-1-2-4-8(7)16(18)19/h1-4,13H,5-6H2,(H2,12,17). The number of hydrogen-bond acceptors (Lipinski definition) is 7. The predicted molar refractivity (Wildman–Crippen MR) is 67.3 cm³/mol. The van der Waals surface area contributed by atoms with E-state index in [2.05, 4.69) is 15.5 Å². The molecule has 1 aromatic heterocycles. The summed E-state index contributed by atoms with van der Waals surface area (Å²) in [6.45, 7) is 0.125. The largest absolute Gasteiger partial charge is 0.369 e. The highest BCUT2D eigenvalue weighted by atomic mass is 16.6. The first-order valence-electron chi connectivity index (χ1n) is 5.63. The van der Waals surface area contributed by atoms with Crippen molar-refractivity contribution in [3.05, 3.63) is 40.3 Å². The number of para-hydroxylation sites is 1. The summed E-state index contributed by atoms with van der Waals surface area (Å²) >= 11 is 0. The minimum absolute atomic E-state index is 0.0246. The van der Waals surface area contributed by atoms with Crippen LogP contribution in [0.2, 0.25) is 0 Å². The lowest BCUT2D eigenvalue weighted by atomic mass is 10.2. The number of rotatable bonds is 6. The van der Waals surface area contributed by atoms with E-state index in [1.54, 1.807) is 12.1 Å². The number of nitrogens with zero attached hydrogens (tertiary/aromatic N) is 3. The number of aromatic nitrogens is 2. The Kier molecular flexibility index (Phi) is 4.01. The van der Waals surface area contributed by atoms with Crippen LogP contribution in [0.5, 0.6) is 0 Å². The summed E-state index contributed by atoms with van der Waals surface area (Å²) in [5.74, 6) is -0.184. The summed E-state index contributed by atoms with van der Waals surface area (Å²) in [5.41, 5.74) is 5.12. The molecule has 0 aliphatic rings. The quantitative estimate of drug-likeness (QED) is 0.569. The third-order valence-electron chi connectivity index (χ3n) is 2.39. The Morgan fingerprint density at radius 3 is 2.90 bits per heavy atom.